The number of unbranched alkanes of at least 4 members (excludes halogenated alkanes) is 1. The number of nitrogens with two attached hydrogens (primary N) is 2. The molecule has 1 saturated heterocycles. The van der Waals surface area contributed by atoms with Gasteiger partial charge < -0.3 is 21.7 Å². The van der Waals surface area contributed by atoms with Crippen LogP contribution in [-0.2, 0) is 6.42 Å². The number of nitrogen functional groups attached to an aromatic ring is 1. The number of aliphatic imine (C=N–C) groups is 1. The van der Waals surface area contributed by atoms with Crippen LogP contribution in [0, 0.1) is 12.3 Å². The highest BCUT2D eigenvalue weighted by Gasteiger charge is 2.35. The molecule has 1 aliphatic rings. The smallest absolute Gasteiger partial charge is 0.317 e. The van der Waals surface area contributed by atoms with Crippen LogP contribution < -0.4 is 22.1 Å². The fraction of sp³-hybridized carbons (Fsp3) is 0.500. The van der Waals surface area contributed by atoms with Crippen molar-refractivity contribution in [2.24, 2.45) is 16.1 Å². The summed E-state index contributed by atoms with van der Waals surface area (Å²) in [5.41, 5.74) is 13.3. The first-order valence-corrected chi connectivity index (χ1v) is 13.1. The SMILES string of the molecule is CCCCNC(=O)N1CCC(CCc2ccccc2)(CN=C(N)NC(=O)c2nc(Cl)c(C)nc2N)CC1. The first kappa shape index (κ1) is 28.2. The van der Waals surface area contributed by atoms with Gasteiger partial charge >= 0.3 is 6.03 Å². The number of nitrogens with one attached hydrogen (secondary N) is 2. The summed E-state index contributed by atoms with van der Waals surface area (Å²) >= 11 is 6.00. The van der Waals surface area contributed by atoms with Crippen molar-refractivity contribution < 1.29 is 9.59 Å². The van der Waals surface area contributed by atoms with Crippen molar-refractivity contribution in [1.82, 2.24) is 25.5 Å². The number of likely N-dealkylation sites (tertiary alicyclic amines) is 1. The van der Waals surface area contributed by atoms with E-state index in [1.165, 1.54) is 5.56 Å². The van der Waals surface area contributed by atoms with Gasteiger partial charge in [-0.25, -0.2) is 14.8 Å². The molecule has 0 saturated carbocycles. The standard InChI is InChI=1S/C26H37ClN8O2/c1-3-4-14-30-25(37)35-15-12-26(13-16-35,11-10-19-8-6-5-7-9-19)17-31-24(29)34-23(36)20-22(28)32-18(2)21(27)33-20/h5-9H,3-4,10-17H2,1-2H3,(H2,28,32)(H,30,37)(H3,29,31,34,36). The zero-order valence-corrected chi connectivity index (χ0v) is 22.4. The summed E-state index contributed by atoms with van der Waals surface area (Å²) < 4.78 is 0. The van der Waals surface area contributed by atoms with Gasteiger partial charge in [0.1, 0.15) is 0 Å². The Morgan fingerprint density at radius 1 is 1.19 bits per heavy atom. The number of piperidine rings is 1. The fourth-order valence-corrected chi connectivity index (χ4v) is 4.49. The molecule has 3 rings (SSSR count). The number of hydrogen-bond donors (Lipinski definition) is 4. The third-order valence-electron chi connectivity index (χ3n) is 6.79. The van der Waals surface area contributed by atoms with Crippen molar-refractivity contribution in [3.8, 4) is 0 Å². The van der Waals surface area contributed by atoms with Gasteiger partial charge in [-0.15, -0.1) is 0 Å². The number of anilines is 1. The van der Waals surface area contributed by atoms with Crippen molar-refractivity contribution in [3.05, 3.63) is 52.4 Å². The minimum absolute atomic E-state index is 0.0177. The number of aromatic nitrogens is 2. The summed E-state index contributed by atoms with van der Waals surface area (Å²) in [7, 11) is 0. The van der Waals surface area contributed by atoms with Crippen LogP contribution >= 0.6 is 11.6 Å². The van der Waals surface area contributed by atoms with Gasteiger partial charge in [-0.3, -0.25) is 15.1 Å². The number of rotatable bonds is 9. The van der Waals surface area contributed by atoms with E-state index in [4.69, 9.17) is 23.1 Å². The van der Waals surface area contributed by atoms with Crippen LogP contribution in [0.5, 0.6) is 0 Å². The molecular weight excluding hydrogens is 492 g/mol. The Morgan fingerprint density at radius 2 is 1.89 bits per heavy atom. The molecule has 0 radical (unpaired) electrons. The van der Waals surface area contributed by atoms with Gasteiger partial charge in [0.05, 0.1) is 5.69 Å². The van der Waals surface area contributed by atoms with Gasteiger partial charge in [-0.05, 0) is 50.0 Å². The number of hydrogen-bond acceptors (Lipinski definition) is 6. The van der Waals surface area contributed by atoms with Crippen LogP contribution in [0.2, 0.25) is 5.15 Å². The number of urea groups is 1. The van der Waals surface area contributed by atoms with Crippen LogP contribution in [0.4, 0.5) is 10.6 Å². The number of carbonyl (C=O) groups excluding carboxylic acids is 2. The monoisotopic (exact) mass is 528 g/mol. The van der Waals surface area contributed by atoms with E-state index in [2.05, 4.69) is 44.7 Å². The number of amides is 3. The molecule has 2 aromatic rings. The highest BCUT2D eigenvalue weighted by Crippen LogP contribution is 2.37. The number of aryl methyl sites for hydroxylation is 2. The molecule has 0 bridgehead atoms. The number of benzene rings is 1. The molecule has 2 heterocycles. The minimum atomic E-state index is -0.620. The van der Waals surface area contributed by atoms with Crippen LogP contribution in [0.3, 0.4) is 0 Å². The fourth-order valence-electron chi connectivity index (χ4n) is 4.36. The van der Waals surface area contributed by atoms with E-state index in [0.29, 0.717) is 31.9 Å². The zero-order valence-electron chi connectivity index (χ0n) is 21.6. The van der Waals surface area contributed by atoms with E-state index in [-0.39, 0.29) is 34.1 Å². The number of nitrogens with zero attached hydrogens (tertiary/aromatic N) is 4. The Hall–Kier alpha value is -3.40. The lowest BCUT2D eigenvalue weighted by molar-refractivity contribution is 0.0970. The highest BCUT2D eigenvalue weighted by atomic mass is 35.5. The Morgan fingerprint density at radius 3 is 2.57 bits per heavy atom. The van der Waals surface area contributed by atoms with Crippen LogP contribution in [-0.4, -0.2) is 58.9 Å². The summed E-state index contributed by atoms with van der Waals surface area (Å²) in [6.07, 6.45) is 5.36. The normalized spacial score (nSPS) is 15.3. The topological polar surface area (TPSA) is 152 Å². The lowest BCUT2D eigenvalue weighted by Gasteiger charge is -2.41. The predicted octanol–water partition coefficient (Wildman–Crippen LogP) is 3.29. The lowest BCUT2D eigenvalue weighted by Crippen LogP contribution is -2.49. The average Bonchev–Trinajstić information content (AvgIpc) is 2.89. The van der Waals surface area contributed by atoms with E-state index in [1.807, 2.05) is 23.1 Å². The second-order valence-corrected chi connectivity index (χ2v) is 9.91. The zero-order chi connectivity index (χ0) is 26.8. The van der Waals surface area contributed by atoms with Crippen LogP contribution in [0.1, 0.15) is 60.8 Å². The van der Waals surface area contributed by atoms with E-state index >= 15 is 0 Å². The number of carbonyl (C=O) groups is 2. The van der Waals surface area contributed by atoms with Gasteiger partial charge in [0.15, 0.2) is 22.6 Å². The van der Waals surface area contributed by atoms with Gasteiger partial charge in [0.2, 0.25) is 0 Å². The number of halogens is 1. The minimum Gasteiger partial charge on any atom is -0.382 e. The second-order valence-electron chi connectivity index (χ2n) is 9.55. The van der Waals surface area contributed by atoms with Crippen molar-refractivity contribution in [2.75, 3.05) is 31.9 Å². The molecule has 10 nitrogen and oxygen atoms in total. The van der Waals surface area contributed by atoms with E-state index in [9.17, 15) is 9.59 Å². The summed E-state index contributed by atoms with van der Waals surface area (Å²) in [5.74, 6) is -0.678. The van der Waals surface area contributed by atoms with Crippen molar-refractivity contribution >= 4 is 35.3 Å². The van der Waals surface area contributed by atoms with Gasteiger partial charge in [-0.1, -0.05) is 55.3 Å². The summed E-state index contributed by atoms with van der Waals surface area (Å²) in [5, 5.41) is 5.64. The Kier molecular flexibility index (Phi) is 10.1. The molecule has 0 atom stereocenters. The molecule has 0 spiro atoms. The van der Waals surface area contributed by atoms with E-state index in [1.54, 1.807) is 6.92 Å². The molecule has 1 aromatic heterocycles. The predicted molar refractivity (Wildman–Crippen MR) is 146 cm³/mol. The van der Waals surface area contributed by atoms with Gasteiger partial charge in [-0.2, -0.15) is 0 Å². The third kappa shape index (κ3) is 8.04. The molecule has 37 heavy (non-hydrogen) atoms. The number of guanidine groups is 1. The molecule has 200 valence electrons. The maximum atomic E-state index is 12.6. The van der Waals surface area contributed by atoms with Crippen LogP contribution in [0.25, 0.3) is 0 Å². The molecule has 1 aliphatic heterocycles. The maximum absolute atomic E-state index is 12.6. The van der Waals surface area contributed by atoms with Crippen LogP contribution in [0.15, 0.2) is 35.3 Å². The van der Waals surface area contributed by atoms with Crippen molar-refractivity contribution in [2.45, 2.75) is 52.4 Å². The van der Waals surface area contributed by atoms with Gasteiger partial charge in [0.25, 0.3) is 5.91 Å². The summed E-state index contributed by atoms with van der Waals surface area (Å²) in [6.45, 7) is 6.14. The molecule has 1 aromatic carbocycles. The summed E-state index contributed by atoms with van der Waals surface area (Å²) in [4.78, 5) is 39.6. The Bertz CT molecular complexity index is 1100. The first-order valence-electron chi connectivity index (χ1n) is 12.7. The molecule has 0 aliphatic carbocycles. The highest BCUT2D eigenvalue weighted by molar-refractivity contribution is 6.30. The Balaban J connectivity index is 1.67. The molecule has 3 amide bonds. The molecule has 0 unspecified atom stereocenters. The Labute approximate surface area is 223 Å². The lowest BCUT2D eigenvalue weighted by atomic mass is 9.74. The van der Waals surface area contributed by atoms with Crippen molar-refractivity contribution in [3.63, 3.8) is 0 Å². The van der Waals surface area contributed by atoms with Crippen molar-refractivity contribution in [1.29, 1.82) is 0 Å². The quantitative estimate of drug-likeness (QED) is 0.222. The largest absolute Gasteiger partial charge is 0.382 e. The third-order valence-corrected chi connectivity index (χ3v) is 7.14. The van der Waals surface area contributed by atoms with E-state index in [0.717, 1.165) is 38.5 Å². The second kappa shape index (κ2) is 13.2. The molecule has 11 heteroatoms. The summed E-state index contributed by atoms with van der Waals surface area (Å²) in [6, 6.07) is 10.3. The first-order chi connectivity index (χ1) is 17.7. The molecule has 6 N–H and O–H groups in total. The average molecular weight is 529 g/mol. The maximum Gasteiger partial charge on any atom is 0.317 e. The molecule has 1 fully saturated rings. The molecular formula is C26H37ClN8O2. The van der Waals surface area contributed by atoms with Gasteiger partial charge in [0, 0.05) is 26.2 Å². The van der Waals surface area contributed by atoms with E-state index < -0.39 is 5.91 Å².